The lowest BCUT2D eigenvalue weighted by Crippen LogP contribution is -2.40. The molecule has 20 heavy (non-hydrogen) atoms. The van der Waals surface area contributed by atoms with Gasteiger partial charge in [-0.25, -0.2) is 14.7 Å². The summed E-state index contributed by atoms with van der Waals surface area (Å²) in [7, 11) is 0. The number of likely N-dealkylation sites (tertiary alicyclic amines) is 1. The van der Waals surface area contributed by atoms with Gasteiger partial charge in [0.05, 0.1) is 9.90 Å². The molecule has 0 unspecified atom stereocenters. The lowest BCUT2D eigenvalue weighted by atomic mass is 10.1. The van der Waals surface area contributed by atoms with E-state index in [2.05, 4.69) is 32.6 Å². The van der Waals surface area contributed by atoms with Gasteiger partial charge in [-0.15, -0.1) is 0 Å². The molecule has 2 atom stereocenters. The predicted octanol–water partition coefficient (Wildman–Crippen LogP) is 2.86. The number of amides is 2. The molecule has 1 aliphatic rings. The van der Waals surface area contributed by atoms with E-state index in [1.165, 1.54) is 4.90 Å². The van der Waals surface area contributed by atoms with Crippen LogP contribution < -0.4 is 0 Å². The zero-order valence-electron chi connectivity index (χ0n) is 11.9. The molecule has 7 heteroatoms. The van der Waals surface area contributed by atoms with E-state index in [0.717, 1.165) is 3.70 Å². The molecule has 0 aliphatic carbocycles. The molecular formula is C13H18IN3O3. The smallest absolute Gasteiger partial charge is 0.417 e. The van der Waals surface area contributed by atoms with Crippen LogP contribution in [-0.4, -0.2) is 32.5 Å². The van der Waals surface area contributed by atoms with E-state index in [1.54, 1.807) is 27.0 Å². The van der Waals surface area contributed by atoms with Gasteiger partial charge in [0.2, 0.25) is 5.91 Å². The third-order valence-electron chi connectivity index (χ3n) is 3.02. The number of ether oxygens (including phenoxy) is 1. The topological polar surface area (TPSA) is 75.3 Å². The van der Waals surface area contributed by atoms with Crippen LogP contribution in [0.25, 0.3) is 0 Å². The summed E-state index contributed by atoms with van der Waals surface area (Å²) < 4.78 is 6.19. The number of carbonyl (C=O) groups is 2. The van der Waals surface area contributed by atoms with Gasteiger partial charge >= 0.3 is 6.09 Å². The van der Waals surface area contributed by atoms with Crippen molar-refractivity contribution in [2.45, 2.75) is 45.8 Å². The Morgan fingerprint density at radius 3 is 2.70 bits per heavy atom. The molecule has 1 aromatic rings. The second-order valence-electron chi connectivity index (χ2n) is 5.96. The van der Waals surface area contributed by atoms with Crippen LogP contribution in [0, 0.1) is 9.62 Å². The van der Waals surface area contributed by atoms with Crippen LogP contribution in [0.1, 0.15) is 46.0 Å². The van der Waals surface area contributed by atoms with Gasteiger partial charge in [0.1, 0.15) is 17.5 Å². The molecule has 2 amide bonds. The molecule has 0 spiro atoms. The molecule has 0 aromatic carbocycles. The van der Waals surface area contributed by atoms with Crippen LogP contribution >= 0.6 is 22.6 Å². The highest BCUT2D eigenvalue weighted by Crippen LogP contribution is 2.36. The van der Waals surface area contributed by atoms with E-state index >= 15 is 0 Å². The van der Waals surface area contributed by atoms with Gasteiger partial charge in [0, 0.05) is 5.92 Å². The standard InChI is InChI=1S/C13H18IN3O3/c1-7-5-8(10-15-6-9(14)16-10)17(11(7)18)12(19)20-13(2,3)4/h6-8H,5H2,1-4H3,(H,15,16)/t7-,8-/m0/s1. The van der Waals surface area contributed by atoms with Crippen LogP contribution in [0.15, 0.2) is 6.20 Å². The summed E-state index contributed by atoms with van der Waals surface area (Å²) in [4.78, 5) is 32.9. The van der Waals surface area contributed by atoms with Crippen molar-refractivity contribution in [2.24, 2.45) is 5.92 Å². The number of imide groups is 1. The largest absolute Gasteiger partial charge is 0.443 e. The summed E-state index contributed by atoms with van der Waals surface area (Å²) >= 11 is 2.11. The molecule has 2 rings (SSSR count). The molecule has 1 aliphatic heterocycles. The lowest BCUT2D eigenvalue weighted by molar-refractivity contribution is -0.130. The van der Waals surface area contributed by atoms with Gasteiger partial charge in [-0.3, -0.25) is 4.79 Å². The maximum absolute atomic E-state index is 12.2. The molecule has 1 aromatic heterocycles. The zero-order valence-corrected chi connectivity index (χ0v) is 14.1. The lowest BCUT2D eigenvalue weighted by Gasteiger charge is -2.26. The molecular weight excluding hydrogens is 373 g/mol. The van der Waals surface area contributed by atoms with Crippen molar-refractivity contribution in [3.8, 4) is 0 Å². The average molecular weight is 391 g/mol. The highest BCUT2D eigenvalue weighted by atomic mass is 127. The van der Waals surface area contributed by atoms with Crippen molar-refractivity contribution < 1.29 is 14.3 Å². The van der Waals surface area contributed by atoms with Crippen molar-refractivity contribution in [2.75, 3.05) is 0 Å². The summed E-state index contributed by atoms with van der Waals surface area (Å²) in [6.07, 6.45) is 1.63. The van der Waals surface area contributed by atoms with E-state index in [1.807, 2.05) is 6.92 Å². The molecule has 0 radical (unpaired) electrons. The number of H-pyrrole nitrogens is 1. The summed E-state index contributed by atoms with van der Waals surface area (Å²) in [6, 6.07) is -0.379. The van der Waals surface area contributed by atoms with Gasteiger partial charge in [0.15, 0.2) is 0 Å². The average Bonchev–Trinajstić information content (AvgIpc) is 2.82. The van der Waals surface area contributed by atoms with Crippen LogP contribution in [0.4, 0.5) is 4.79 Å². The first-order chi connectivity index (χ1) is 9.19. The summed E-state index contributed by atoms with van der Waals surface area (Å²) in [5, 5.41) is 0. The van der Waals surface area contributed by atoms with E-state index in [0.29, 0.717) is 12.2 Å². The van der Waals surface area contributed by atoms with E-state index in [-0.39, 0.29) is 17.9 Å². The highest BCUT2D eigenvalue weighted by molar-refractivity contribution is 14.1. The minimum atomic E-state index is -0.634. The predicted molar refractivity (Wildman–Crippen MR) is 80.9 cm³/mol. The number of rotatable bonds is 1. The zero-order chi connectivity index (χ0) is 15.1. The SMILES string of the molecule is C[C@H]1C[C@@H](c2ncc(I)[nH]2)N(C(=O)OC(C)(C)C)C1=O. The van der Waals surface area contributed by atoms with Gasteiger partial charge in [-0.2, -0.15) is 0 Å². The van der Waals surface area contributed by atoms with Crippen molar-refractivity contribution >= 4 is 34.6 Å². The number of carbonyl (C=O) groups excluding carboxylic acids is 2. The van der Waals surface area contributed by atoms with Gasteiger partial charge in [-0.1, -0.05) is 6.92 Å². The van der Waals surface area contributed by atoms with Crippen molar-refractivity contribution in [3.05, 3.63) is 15.7 Å². The van der Waals surface area contributed by atoms with Crippen molar-refractivity contribution in [3.63, 3.8) is 0 Å². The second kappa shape index (κ2) is 5.34. The van der Waals surface area contributed by atoms with Gasteiger partial charge < -0.3 is 9.72 Å². The quantitative estimate of drug-likeness (QED) is 0.748. The maximum Gasteiger partial charge on any atom is 0.417 e. The number of hydrogen-bond acceptors (Lipinski definition) is 4. The Balaban J connectivity index is 2.27. The van der Waals surface area contributed by atoms with E-state index < -0.39 is 11.7 Å². The Labute approximate surface area is 131 Å². The summed E-state index contributed by atoms with van der Waals surface area (Å²) in [6.45, 7) is 7.15. The first kappa shape index (κ1) is 15.3. The third kappa shape index (κ3) is 3.13. The van der Waals surface area contributed by atoms with Crippen molar-refractivity contribution in [1.82, 2.24) is 14.9 Å². The first-order valence-corrected chi connectivity index (χ1v) is 7.53. The third-order valence-corrected chi connectivity index (χ3v) is 3.57. The minimum Gasteiger partial charge on any atom is -0.443 e. The number of aromatic nitrogens is 2. The summed E-state index contributed by atoms with van der Waals surface area (Å²) in [5.74, 6) is 0.198. The number of aromatic amines is 1. The fraction of sp³-hybridized carbons (Fsp3) is 0.615. The van der Waals surface area contributed by atoms with Crippen LogP contribution in [0.2, 0.25) is 0 Å². The molecule has 0 saturated carbocycles. The first-order valence-electron chi connectivity index (χ1n) is 6.45. The minimum absolute atomic E-state index is 0.212. The molecule has 0 bridgehead atoms. The highest BCUT2D eigenvalue weighted by Gasteiger charge is 2.44. The fourth-order valence-corrected chi connectivity index (χ4v) is 2.59. The van der Waals surface area contributed by atoms with Crippen molar-refractivity contribution in [1.29, 1.82) is 0 Å². The number of imidazole rings is 1. The van der Waals surface area contributed by atoms with Crippen LogP contribution in [0.5, 0.6) is 0 Å². The Hall–Kier alpha value is -1.12. The van der Waals surface area contributed by atoms with Crippen LogP contribution in [0.3, 0.4) is 0 Å². The maximum atomic E-state index is 12.2. The number of halogens is 1. The van der Waals surface area contributed by atoms with E-state index in [9.17, 15) is 9.59 Å². The monoisotopic (exact) mass is 391 g/mol. The number of nitrogens with zero attached hydrogens (tertiary/aromatic N) is 2. The Morgan fingerprint density at radius 2 is 2.20 bits per heavy atom. The molecule has 6 nitrogen and oxygen atoms in total. The van der Waals surface area contributed by atoms with Gasteiger partial charge in [-0.05, 0) is 49.8 Å². The number of hydrogen-bond donors (Lipinski definition) is 1. The Morgan fingerprint density at radius 1 is 1.55 bits per heavy atom. The number of nitrogens with one attached hydrogen (secondary N) is 1. The van der Waals surface area contributed by atoms with Gasteiger partial charge in [0.25, 0.3) is 0 Å². The molecule has 1 fully saturated rings. The summed E-state index contributed by atoms with van der Waals surface area (Å²) in [5.41, 5.74) is -0.634. The second-order valence-corrected chi connectivity index (χ2v) is 7.12. The Bertz CT molecular complexity index is 535. The van der Waals surface area contributed by atoms with E-state index in [4.69, 9.17) is 4.74 Å². The van der Waals surface area contributed by atoms with Crippen LogP contribution in [-0.2, 0) is 9.53 Å². The molecule has 2 heterocycles. The molecule has 1 saturated heterocycles. The molecule has 1 N–H and O–H groups in total. The normalized spacial score (nSPS) is 23.2. The molecule has 110 valence electrons. The fourth-order valence-electron chi connectivity index (χ4n) is 2.18. The Kier molecular flexibility index (Phi) is 4.08.